The Labute approximate surface area is 190 Å². The summed E-state index contributed by atoms with van der Waals surface area (Å²) in [5.74, 6) is 0.974. The van der Waals surface area contributed by atoms with Crippen LogP contribution in [0.4, 0.5) is 11.4 Å². The van der Waals surface area contributed by atoms with Gasteiger partial charge in [0.05, 0.1) is 6.61 Å². The van der Waals surface area contributed by atoms with Gasteiger partial charge in [-0.3, -0.25) is 4.79 Å². The molecule has 0 aliphatic carbocycles. The largest absolute Gasteiger partial charge is 0.490 e. The highest BCUT2D eigenvalue weighted by molar-refractivity contribution is 5.92. The number of benzene rings is 3. The van der Waals surface area contributed by atoms with Gasteiger partial charge < -0.3 is 20.1 Å². The Morgan fingerprint density at radius 2 is 1.50 bits per heavy atom. The predicted molar refractivity (Wildman–Crippen MR) is 131 cm³/mol. The summed E-state index contributed by atoms with van der Waals surface area (Å²) in [6.45, 7) is 9.23. The molecule has 0 aliphatic rings. The maximum absolute atomic E-state index is 12.3. The second-order valence-electron chi connectivity index (χ2n) is 7.75. The van der Waals surface area contributed by atoms with E-state index in [1.807, 2.05) is 57.2 Å². The van der Waals surface area contributed by atoms with Gasteiger partial charge in [-0.05, 0) is 85.8 Å². The maximum Gasteiger partial charge on any atom is 0.262 e. The molecular formula is C27H32N2O3. The minimum absolute atomic E-state index is 0.0889. The molecule has 0 bridgehead atoms. The summed E-state index contributed by atoms with van der Waals surface area (Å²) in [4.78, 5) is 12.3. The molecule has 0 fully saturated rings. The molecular weight excluding hydrogens is 400 g/mol. The monoisotopic (exact) mass is 432 g/mol. The molecule has 3 aromatic carbocycles. The lowest BCUT2D eigenvalue weighted by atomic mass is 10.1. The summed E-state index contributed by atoms with van der Waals surface area (Å²) < 4.78 is 11.5. The molecule has 0 aromatic heterocycles. The summed E-state index contributed by atoms with van der Waals surface area (Å²) >= 11 is 0. The summed E-state index contributed by atoms with van der Waals surface area (Å²) in [5.41, 5.74) is 6.54. The Morgan fingerprint density at radius 1 is 0.781 bits per heavy atom. The standard InChI is InChI=1S/C27H32N2O3/c1-5-21-8-12-23(13-9-21)28-17-22-10-14-25(26(16-22)31-6-2)32-18-27(30)29-24-11-7-19(3)20(4)15-24/h7-16,28H,5-6,17-18H2,1-4H3,(H,29,30). The highest BCUT2D eigenvalue weighted by Gasteiger charge is 2.10. The molecule has 0 saturated carbocycles. The van der Waals surface area contributed by atoms with Crippen molar-refractivity contribution in [1.29, 1.82) is 0 Å². The van der Waals surface area contributed by atoms with Gasteiger partial charge in [-0.15, -0.1) is 0 Å². The van der Waals surface area contributed by atoms with Gasteiger partial charge in [-0.25, -0.2) is 0 Å². The number of nitrogens with one attached hydrogen (secondary N) is 2. The molecule has 0 heterocycles. The molecule has 2 N–H and O–H groups in total. The van der Waals surface area contributed by atoms with Gasteiger partial charge in [0, 0.05) is 17.9 Å². The topological polar surface area (TPSA) is 59.6 Å². The Hall–Kier alpha value is -3.47. The van der Waals surface area contributed by atoms with Gasteiger partial charge in [0.2, 0.25) is 0 Å². The average Bonchev–Trinajstić information content (AvgIpc) is 2.80. The first-order valence-corrected chi connectivity index (χ1v) is 11.1. The van der Waals surface area contributed by atoms with Crippen molar-refractivity contribution in [1.82, 2.24) is 0 Å². The van der Waals surface area contributed by atoms with E-state index in [-0.39, 0.29) is 12.5 Å². The molecule has 0 spiro atoms. The van der Waals surface area contributed by atoms with Crippen molar-refractivity contribution in [2.75, 3.05) is 23.8 Å². The van der Waals surface area contributed by atoms with Gasteiger partial charge >= 0.3 is 0 Å². The third kappa shape index (κ3) is 6.51. The number of carbonyl (C=O) groups excluding carboxylic acids is 1. The van der Waals surface area contributed by atoms with E-state index in [2.05, 4.69) is 41.8 Å². The Morgan fingerprint density at radius 3 is 2.19 bits per heavy atom. The van der Waals surface area contributed by atoms with E-state index in [4.69, 9.17) is 9.47 Å². The van der Waals surface area contributed by atoms with Crippen molar-refractivity contribution >= 4 is 17.3 Å². The van der Waals surface area contributed by atoms with Crippen molar-refractivity contribution in [2.24, 2.45) is 0 Å². The minimum atomic E-state index is -0.211. The van der Waals surface area contributed by atoms with Crippen LogP contribution in [0.5, 0.6) is 11.5 Å². The minimum Gasteiger partial charge on any atom is -0.490 e. The quantitative estimate of drug-likeness (QED) is 0.419. The van der Waals surface area contributed by atoms with E-state index in [9.17, 15) is 4.79 Å². The van der Waals surface area contributed by atoms with Crippen molar-refractivity contribution in [3.63, 3.8) is 0 Å². The van der Waals surface area contributed by atoms with Gasteiger partial charge in [0.1, 0.15) is 0 Å². The fraction of sp³-hybridized carbons (Fsp3) is 0.296. The molecule has 0 aliphatic heterocycles. The molecule has 1 amide bonds. The summed E-state index contributed by atoms with van der Waals surface area (Å²) in [6, 6.07) is 20.1. The van der Waals surface area contributed by atoms with Crippen LogP contribution in [0.25, 0.3) is 0 Å². The lowest BCUT2D eigenvalue weighted by molar-refractivity contribution is -0.118. The van der Waals surface area contributed by atoms with E-state index in [1.54, 1.807) is 0 Å². The van der Waals surface area contributed by atoms with Gasteiger partial charge in [0.15, 0.2) is 18.1 Å². The molecule has 5 heteroatoms. The van der Waals surface area contributed by atoms with Crippen molar-refractivity contribution in [2.45, 2.75) is 40.7 Å². The molecule has 168 valence electrons. The van der Waals surface area contributed by atoms with E-state index < -0.39 is 0 Å². The zero-order valence-electron chi connectivity index (χ0n) is 19.3. The van der Waals surface area contributed by atoms with Gasteiger partial charge in [0.25, 0.3) is 5.91 Å². The van der Waals surface area contributed by atoms with Gasteiger partial charge in [-0.2, -0.15) is 0 Å². The van der Waals surface area contributed by atoms with Crippen molar-refractivity contribution in [3.05, 3.63) is 82.9 Å². The van der Waals surface area contributed by atoms with E-state index in [0.29, 0.717) is 24.7 Å². The normalized spacial score (nSPS) is 10.5. The predicted octanol–water partition coefficient (Wildman–Crippen LogP) is 5.89. The zero-order chi connectivity index (χ0) is 22.9. The Balaban J connectivity index is 1.59. The number of hydrogen-bond donors (Lipinski definition) is 2. The Kier molecular flexibility index (Phi) is 8.14. The summed E-state index contributed by atoms with van der Waals surface area (Å²) in [6.07, 6.45) is 1.03. The lowest BCUT2D eigenvalue weighted by Crippen LogP contribution is -2.20. The molecule has 0 radical (unpaired) electrons. The third-order valence-electron chi connectivity index (χ3n) is 5.32. The Bertz CT molecular complexity index is 1050. The molecule has 0 saturated heterocycles. The highest BCUT2D eigenvalue weighted by Crippen LogP contribution is 2.29. The van der Waals surface area contributed by atoms with Crippen LogP contribution in [-0.2, 0) is 17.8 Å². The smallest absolute Gasteiger partial charge is 0.262 e. The third-order valence-corrected chi connectivity index (χ3v) is 5.32. The highest BCUT2D eigenvalue weighted by atomic mass is 16.5. The zero-order valence-corrected chi connectivity index (χ0v) is 19.3. The number of amides is 1. The van der Waals surface area contributed by atoms with Crippen molar-refractivity contribution in [3.8, 4) is 11.5 Å². The first-order valence-electron chi connectivity index (χ1n) is 11.1. The summed E-state index contributed by atoms with van der Waals surface area (Å²) in [5, 5.41) is 6.30. The molecule has 5 nitrogen and oxygen atoms in total. The van der Waals surface area contributed by atoms with Crippen LogP contribution in [0.15, 0.2) is 60.7 Å². The van der Waals surface area contributed by atoms with Crippen LogP contribution < -0.4 is 20.1 Å². The fourth-order valence-corrected chi connectivity index (χ4v) is 3.27. The molecule has 3 rings (SSSR count). The number of hydrogen-bond acceptors (Lipinski definition) is 4. The second-order valence-corrected chi connectivity index (χ2v) is 7.75. The molecule has 0 atom stereocenters. The number of aryl methyl sites for hydroxylation is 3. The van der Waals surface area contributed by atoms with Crippen LogP contribution >= 0.6 is 0 Å². The molecule has 0 unspecified atom stereocenters. The first kappa shape index (κ1) is 23.2. The number of ether oxygens (including phenoxy) is 2. The van der Waals surface area contributed by atoms with E-state index in [1.165, 1.54) is 11.1 Å². The van der Waals surface area contributed by atoms with Crippen molar-refractivity contribution < 1.29 is 14.3 Å². The SMILES string of the molecule is CCOc1cc(CNc2ccc(CC)cc2)ccc1OCC(=O)Nc1ccc(C)c(C)c1. The fourth-order valence-electron chi connectivity index (χ4n) is 3.27. The molecule has 32 heavy (non-hydrogen) atoms. The van der Waals surface area contributed by atoms with E-state index in [0.717, 1.165) is 28.9 Å². The number of carbonyl (C=O) groups is 1. The van der Waals surface area contributed by atoms with E-state index >= 15 is 0 Å². The first-order chi connectivity index (χ1) is 15.5. The lowest BCUT2D eigenvalue weighted by Gasteiger charge is -2.14. The van der Waals surface area contributed by atoms with Crippen LogP contribution in [0, 0.1) is 13.8 Å². The number of rotatable bonds is 10. The van der Waals surface area contributed by atoms with Crippen LogP contribution in [0.1, 0.15) is 36.1 Å². The van der Waals surface area contributed by atoms with Crippen LogP contribution in [0.2, 0.25) is 0 Å². The summed E-state index contributed by atoms with van der Waals surface area (Å²) in [7, 11) is 0. The van der Waals surface area contributed by atoms with Crippen LogP contribution in [-0.4, -0.2) is 19.1 Å². The molecule has 3 aromatic rings. The average molecular weight is 433 g/mol. The van der Waals surface area contributed by atoms with Crippen LogP contribution in [0.3, 0.4) is 0 Å². The van der Waals surface area contributed by atoms with Gasteiger partial charge in [-0.1, -0.05) is 31.2 Å². The maximum atomic E-state index is 12.3. The number of anilines is 2. The second kappa shape index (κ2) is 11.2.